The van der Waals surface area contributed by atoms with Gasteiger partial charge in [-0.25, -0.2) is 4.98 Å². The molecule has 0 aromatic carbocycles. The van der Waals surface area contributed by atoms with Gasteiger partial charge in [0.25, 0.3) is 5.91 Å². The number of anilines is 1. The molecule has 0 aliphatic carbocycles. The quantitative estimate of drug-likeness (QED) is 0.845. The second kappa shape index (κ2) is 6.60. The average Bonchev–Trinajstić information content (AvgIpc) is 3.04. The average molecular weight is 313 g/mol. The fourth-order valence-electron chi connectivity index (χ4n) is 2.60. The summed E-state index contributed by atoms with van der Waals surface area (Å²) in [5.41, 5.74) is 0.552. The summed E-state index contributed by atoms with van der Waals surface area (Å²) in [7, 11) is 3.85. The maximum Gasteiger partial charge on any atom is 0.255 e. The molecular weight excluding hydrogens is 294 g/mol. The van der Waals surface area contributed by atoms with Crippen LogP contribution >= 0.6 is 0 Å². The highest BCUT2D eigenvalue weighted by Crippen LogP contribution is 2.27. The lowest BCUT2D eigenvalue weighted by Crippen LogP contribution is -2.31. The highest BCUT2D eigenvalue weighted by atomic mass is 16.5. The Hall–Kier alpha value is -2.70. The number of pyridine rings is 1. The Balaban J connectivity index is 1.66. The molecule has 0 bridgehead atoms. The van der Waals surface area contributed by atoms with Crippen LogP contribution in [0.2, 0.25) is 0 Å². The van der Waals surface area contributed by atoms with E-state index < -0.39 is 0 Å². The highest BCUT2D eigenvalue weighted by Gasteiger charge is 2.29. The van der Waals surface area contributed by atoms with E-state index in [2.05, 4.69) is 15.2 Å². The van der Waals surface area contributed by atoms with E-state index in [1.54, 1.807) is 17.2 Å². The van der Waals surface area contributed by atoms with Crippen LogP contribution in [0.4, 0.5) is 5.82 Å². The van der Waals surface area contributed by atoms with Gasteiger partial charge in [0.1, 0.15) is 6.10 Å². The summed E-state index contributed by atoms with van der Waals surface area (Å²) in [6.45, 7) is 1.23. The van der Waals surface area contributed by atoms with E-state index in [-0.39, 0.29) is 12.0 Å². The third-order valence-corrected chi connectivity index (χ3v) is 3.73. The standard InChI is InChI=1S/C16H19N5O2/c1-20(2)15-14(4-3-7-17-15)23-13-6-9-21(11-13)16(22)12-5-8-18-19-10-12/h3-5,7-8,10,13H,6,9,11H2,1-2H3/t13-/m1/s1. The highest BCUT2D eigenvalue weighted by molar-refractivity contribution is 5.94. The number of amides is 1. The Morgan fingerprint density at radius 3 is 2.91 bits per heavy atom. The number of nitrogens with zero attached hydrogens (tertiary/aromatic N) is 5. The zero-order valence-corrected chi connectivity index (χ0v) is 13.2. The van der Waals surface area contributed by atoms with Gasteiger partial charge in [0.15, 0.2) is 11.6 Å². The third kappa shape index (κ3) is 3.39. The van der Waals surface area contributed by atoms with Crippen molar-refractivity contribution in [3.63, 3.8) is 0 Å². The van der Waals surface area contributed by atoms with Crippen LogP contribution in [-0.4, -0.2) is 59.3 Å². The molecule has 120 valence electrons. The van der Waals surface area contributed by atoms with Gasteiger partial charge in [0, 0.05) is 33.3 Å². The molecule has 23 heavy (non-hydrogen) atoms. The van der Waals surface area contributed by atoms with Gasteiger partial charge < -0.3 is 14.5 Å². The van der Waals surface area contributed by atoms with Crippen molar-refractivity contribution >= 4 is 11.7 Å². The zero-order valence-electron chi connectivity index (χ0n) is 13.2. The lowest BCUT2D eigenvalue weighted by Gasteiger charge is -2.20. The van der Waals surface area contributed by atoms with Gasteiger partial charge in [-0.05, 0) is 18.2 Å². The van der Waals surface area contributed by atoms with Crippen molar-refractivity contribution in [3.8, 4) is 5.75 Å². The predicted molar refractivity (Wildman–Crippen MR) is 85.5 cm³/mol. The maximum absolute atomic E-state index is 12.4. The van der Waals surface area contributed by atoms with Crippen molar-refractivity contribution in [1.29, 1.82) is 0 Å². The summed E-state index contributed by atoms with van der Waals surface area (Å²) >= 11 is 0. The fraction of sp³-hybridized carbons (Fsp3) is 0.375. The van der Waals surface area contributed by atoms with Crippen LogP contribution < -0.4 is 9.64 Å². The number of carbonyl (C=O) groups excluding carboxylic acids is 1. The van der Waals surface area contributed by atoms with Gasteiger partial charge >= 0.3 is 0 Å². The monoisotopic (exact) mass is 313 g/mol. The van der Waals surface area contributed by atoms with Gasteiger partial charge in [0.2, 0.25) is 0 Å². The molecule has 0 radical (unpaired) electrons. The Labute approximate surface area is 134 Å². The molecule has 1 amide bonds. The minimum atomic E-state index is -0.0370. The molecule has 0 N–H and O–H groups in total. The first-order valence-corrected chi connectivity index (χ1v) is 7.50. The van der Waals surface area contributed by atoms with Crippen LogP contribution in [0.25, 0.3) is 0 Å². The van der Waals surface area contributed by atoms with Crippen LogP contribution in [-0.2, 0) is 0 Å². The SMILES string of the molecule is CN(C)c1ncccc1O[C@@H]1CCN(C(=O)c2ccnnc2)C1. The lowest BCUT2D eigenvalue weighted by atomic mass is 10.3. The molecule has 1 aliphatic rings. The molecule has 1 saturated heterocycles. The first-order valence-electron chi connectivity index (χ1n) is 7.50. The van der Waals surface area contributed by atoms with E-state index in [4.69, 9.17) is 4.74 Å². The van der Waals surface area contributed by atoms with Crippen molar-refractivity contribution in [2.45, 2.75) is 12.5 Å². The Morgan fingerprint density at radius 2 is 2.17 bits per heavy atom. The van der Waals surface area contributed by atoms with Gasteiger partial charge in [-0.3, -0.25) is 4.79 Å². The minimum Gasteiger partial charge on any atom is -0.485 e. The van der Waals surface area contributed by atoms with Crippen molar-refractivity contribution in [3.05, 3.63) is 42.4 Å². The molecule has 3 rings (SSSR count). The van der Waals surface area contributed by atoms with Gasteiger partial charge in [0.05, 0.1) is 24.5 Å². The Kier molecular flexibility index (Phi) is 4.36. The van der Waals surface area contributed by atoms with Crippen molar-refractivity contribution < 1.29 is 9.53 Å². The van der Waals surface area contributed by atoms with E-state index in [1.807, 2.05) is 31.1 Å². The Morgan fingerprint density at radius 1 is 1.30 bits per heavy atom. The summed E-state index contributed by atoms with van der Waals surface area (Å²) in [5, 5.41) is 7.45. The molecular formula is C16H19N5O2. The lowest BCUT2D eigenvalue weighted by molar-refractivity contribution is 0.0772. The molecule has 3 heterocycles. The summed E-state index contributed by atoms with van der Waals surface area (Å²) < 4.78 is 6.06. The normalized spacial score (nSPS) is 17.1. The van der Waals surface area contributed by atoms with E-state index in [1.165, 1.54) is 12.4 Å². The molecule has 1 fully saturated rings. The first kappa shape index (κ1) is 15.2. The third-order valence-electron chi connectivity index (χ3n) is 3.73. The van der Waals surface area contributed by atoms with Crippen LogP contribution in [0.3, 0.4) is 0 Å². The minimum absolute atomic E-state index is 0.0309. The second-order valence-electron chi connectivity index (χ2n) is 5.63. The molecule has 7 nitrogen and oxygen atoms in total. The van der Waals surface area contributed by atoms with Crippen molar-refractivity contribution in [2.75, 3.05) is 32.1 Å². The fourth-order valence-corrected chi connectivity index (χ4v) is 2.60. The number of hydrogen-bond acceptors (Lipinski definition) is 6. The van der Waals surface area contributed by atoms with E-state index in [0.717, 1.165) is 18.0 Å². The van der Waals surface area contributed by atoms with Crippen LogP contribution in [0.5, 0.6) is 5.75 Å². The van der Waals surface area contributed by atoms with Crippen molar-refractivity contribution in [1.82, 2.24) is 20.1 Å². The molecule has 1 atom stereocenters. The number of aromatic nitrogens is 3. The molecule has 0 saturated carbocycles. The van der Waals surface area contributed by atoms with Crippen molar-refractivity contribution in [2.24, 2.45) is 0 Å². The largest absolute Gasteiger partial charge is 0.485 e. The molecule has 2 aromatic heterocycles. The first-order chi connectivity index (χ1) is 11.1. The number of hydrogen-bond donors (Lipinski definition) is 0. The smallest absolute Gasteiger partial charge is 0.255 e. The Bertz CT molecular complexity index is 677. The number of carbonyl (C=O) groups is 1. The van der Waals surface area contributed by atoms with Crippen LogP contribution in [0, 0.1) is 0 Å². The molecule has 0 unspecified atom stereocenters. The summed E-state index contributed by atoms with van der Waals surface area (Å²) in [4.78, 5) is 20.4. The zero-order chi connectivity index (χ0) is 16.2. The second-order valence-corrected chi connectivity index (χ2v) is 5.63. The maximum atomic E-state index is 12.4. The molecule has 2 aromatic rings. The van der Waals surface area contributed by atoms with Crippen LogP contribution in [0.1, 0.15) is 16.8 Å². The number of likely N-dealkylation sites (tertiary alicyclic amines) is 1. The topological polar surface area (TPSA) is 71.5 Å². The summed E-state index contributed by atoms with van der Waals surface area (Å²) in [5.74, 6) is 1.49. The van der Waals surface area contributed by atoms with Crippen LogP contribution in [0.15, 0.2) is 36.8 Å². The summed E-state index contributed by atoms with van der Waals surface area (Å²) in [6, 6.07) is 5.43. The summed E-state index contributed by atoms with van der Waals surface area (Å²) in [6.07, 6.45) is 5.52. The van der Waals surface area contributed by atoms with E-state index in [0.29, 0.717) is 18.7 Å². The van der Waals surface area contributed by atoms with Gasteiger partial charge in [-0.2, -0.15) is 10.2 Å². The van der Waals surface area contributed by atoms with E-state index >= 15 is 0 Å². The number of ether oxygens (including phenoxy) is 1. The predicted octanol–water partition coefficient (Wildman–Crippen LogP) is 1.23. The molecule has 7 heteroatoms. The van der Waals surface area contributed by atoms with Gasteiger partial charge in [-0.15, -0.1) is 0 Å². The molecule has 1 aliphatic heterocycles. The van der Waals surface area contributed by atoms with E-state index in [9.17, 15) is 4.79 Å². The van der Waals surface area contributed by atoms with Gasteiger partial charge in [-0.1, -0.05) is 0 Å². The molecule has 0 spiro atoms. The number of rotatable bonds is 4.